The first-order valence-electron chi connectivity index (χ1n) is 7.83. The van der Waals surface area contributed by atoms with E-state index in [0.29, 0.717) is 13.2 Å². The van der Waals surface area contributed by atoms with Crippen LogP contribution in [0.2, 0.25) is 0 Å². The largest absolute Gasteiger partial charge is 0.497 e. The Morgan fingerprint density at radius 2 is 2.00 bits per heavy atom. The summed E-state index contributed by atoms with van der Waals surface area (Å²) in [6.45, 7) is 3.00. The molecule has 0 spiro atoms. The molecule has 1 unspecified atom stereocenters. The van der Waals surface area contributed by atoms with Crippen LogP contribution in [0.1, 0.15) is 29.7 Å². The molecular formula is C19H21NO3. The lowest BCUT2D eigenvalue weighted by Crippen LogP contribution is -2.39. The molecule has 1 aliphatic rings. The molecule has 2 aromatic rings. The summed E-state index contributed by atoms with van der Waals surface area (Å²) in [5.74, 6) is 0.857. The zero-order chi connectivity index (χ0) is 16.2. The lowest BCUT2D eigenvalue weighted by atomic mass is 9.93. The van der Waals surface area contributed by atoms with Crippen molar-refractivity contribution in [3.8, 4) is 5.75 Å². The molecule has 0 N–H and O–H groups in total. The monoisotopic (exact) mass is 311 g/mol. The molecule has 23 heavy (non-hydrogen) atoms. The van der Waals surface area contributed by atoms with Gasteiger partial charge in [-0.1, -0.05) is 36.4 Å². The van der Waals surface area contributed by atoms with Gasteiger partial charge in [0.2, 0.25) is 0 Å². The van der Waals surface area contributed by atoms with Crippen LogP contribution in [0, 0.1) is 0 Å². The minimum Gasteiger partial charge on any atom is -0.497 e. The average Bonchev–Trinajstić information content (AvgIpc) is 2.60. The molecule has 1 atom stereocenters. The number of amides is 1. The number of methoxy groups -OCH3 is 1. The van der Waals surface area contributed by atoms with Crippen LogP contribution in [0.3, 0.4) is 0 Å². The van der Waals surface area contributed by atoms with Gasteiger partial charge in [0.15, 0.2) is 0 Å². The van der Waals surface area contributed by atoms with E-state index in [1.807, 2.05) is 49.4 Å². The first kappa shape index (κ1) is 15.4. The number of rotatable bonds is 3. The minimum absolute atomic E-state index is 0.00734. The highest BCUT2D eigenvalue weighted by atomic mass is 16.6. The number of carbonyl (C=O) groups excluding carboxylic acids is 1. The maximum Gasteiger partial charge on any atom is 0.410 e. The zero-order valence-corrected chi connectivity index (χ0v) is 13.5. The van der Waals surface area contributed by atoms with Crippen molar-refractivity contribution in [1.82, 2.24) is 4.90 Å². The van der Waals surface area contributed by atoms with Crippen LogP contribution in [-0.2, 0) is 17.8 Å². The Labute approximate surface area is 136 Å². The van der Waals surface area contributed by atoms with Gasteiger partial charge in [-0.05, 0) is 42.2 Å². The average molecular weight is 311 g/mol. The van der Waals surface area contributed by atoms with Gasteiger partial charge in [-0.2, -0.15) is 0 Å². The van der Waals surface area contributed by atoms with Crippen molar-refractivity contribution in [2.24, 2.45) is 0 Å². The number of ether oxygens (including phenoxy) is 2. The molecule has 0 aliphatic carbocycles. The Balaban J connectivity index is 1.68. The van der Waals surface area contributed by atoms with Crippen LogP contribution in [0.5, 0.6) is 5.75 Å². The van der Waals surface area contributed by atoms with Crippen molar-refractivity contribution in [3.63, 3.8) is 0 Å². The zero-order valence-electron chi connectivity index (χ0n) is 13.5. The maximum absolute atomic E-state index is 12.4. The maximum atomic E-state index is 12.4. The van der Waals surface area contributed by atoms with Crippen LogP contribution in [0.25, 0.3) is 0 Å². The van der Waals surface area contributed by atoms with Gasteiger partial charge in [-0.25, -0.2) is 4.79 Å². The first-order chi connectivity index (χ1) is 11.2. The predicted octanol–water partition coefficient (Wildman–Crippen LogP) is 3.95. The second-order valence-electron chi connectivity index (χ2n) is 5.72. The van der Waals surface area contributed by atoms with Gasteiger partial charge in [0.25, 0.3) is 0 Å². The molecule has 3 rings (SSSR count). The van der Waals surface area contributed by atoms with E-state index in [4.69, 9.17) is 9.47 Å². The number of fused-ring (bicyclic) bond motifs is 1. The molecular weight excluding hydrogens is 290 g/mol. The van der Waals surface area contributed by atoms with E-state index in [1.54, 1.807) is 12.0 Å². The Morgan fingerprint density at radius 1 is 1.22 bits per heavy atom. The van der Waals surface area contributed by atoms with E-state index >= 15 is 0 Å². The molecule has 0 fully saturated rings. The minimum atomic E-state index is -0.261. The Bertz CT molecular complexity index is 684. The standard InChI is InChI=1S/C19H21NO3/c1-14-18-9-8-17(22-2)12-16(18)10-11-20(14)19(21)23-13-15-6-4-3-5-7-15/h3-9,12,14H,10-11,13H2,1-2H3. The molecule has 1 amide bonds. The van der Waals surface area contributed by atoms with Crippen LogP contribution >= 0.6 is 0 Å². The quantitative estimate of drug-likeness (QED) is 0.861. The Kier molecular flexibility index (Phi) is 4.51. The fourth-order valence-corrected chi connectivity index (χ4v) is 2.99. The molecule has 4 heteroatoms. The van der Waals surface area contributed by atoms with E-state index < -0.39 is 0 Å². The lowest BCUT2D eigenvalue weighted by Gasteiger charge is -2.34. The number of hydrogen-bond acceptors (Lipinski definition) is 3. The SMILES string of the molecule is COc1ccc2c(c1)CCN(C(=O)OCc1ccccc1)C2C. The van der Waals surface area contributed by atoms with Crippen molar-refractivity contribution in [2.75, 3.05) is 13.7 Å². The molecule has 0 bridgehead atoms. The van der Waals surface area contributed by atoms with E-state index in [2.05, 4.69) is 6.07 Å². The second-order valence-corrected chi connectivity index (χ2v) is 5.72. The molecule has 0 saturated heterocycles. The number of hydrogen-bond donors (Lipinski definition) is 0. The van der Waals surface area contributed by atoms with Crippen molar-refractivity contribution in [3.05, 3.63) is 65.2 Å². The molecule has 1 aliphatic heterocycles. The third kappa shape index (κ3) is 3.31. The summed E-state index contributed by atoms with van der Waals surface area (Å²) < 4.78 is 10.7. The molecule has 0 radical (unpaired) electrons. The summed E-state index contributed by atoms with van der Waals surface area (Å²) in [6, 6.07) is 15.8. The van der Waals surface area contributed by atoms with Gasteiger partial charge in [0.05, 0.1) is 13.2 Å². The topological polar surface area (TPSA) is 38.8 Å². The van der Waals surface area contributed by atoms with Gasteiger partial charge >= 0.3 is 6.09 Å². The van der Waals surface area contributed by atoms with Crippen LogP contribution in [0.15, 0.2) is 48.5 Å². The smallest absolute Gasteiger partial charge is 0.410 e. The van der Waals surface area contributed by atoms with Gasteiger partial charge in [-0.15, -0.1) is 0 Å². The number of nitrogens with zero attached hydrogens (tertiary/aromatic N) is 1. The fourth-order valence-electron chi connectivity index (χ4n) is 2.99. The third-order valence-electron chi connectivity index (χ3n) is 4.33. The molecule has 2 aromatic carbocycles. The van der Waals surface area contributed by atoms with Crippen LogP contribution in [0.4, 0.5) is 4.79 Å². The van der Waals surface area contributed by atoms with Crippen molar-refractivity contribution < 1.29 is 14.3 Å². The highest BCUT2D eigenvalue weighted by molar-refractivity contribution is 5.69. The van der Waals surface area contributed by atoms with Gasteiger partial charge in [-0.3, -0.25) is 0 Å². The van der Waals surface area contributed by atoms with E-state index in [-0.39, 0.29) is 12.1 Å². The van der Waals surface area contributed by atoms with E-state index in [1.165, 1.54) is 5.56 Å². The van der Waals surface area contributed by atoms with Crippen LogP contribution in [-0.4, -0.2) is 24.6 Å². The van der Waals surface area contributed by atoms with Crippen molar-refractivity contribution in [1.29, 1.82) is 0 Å². The first-order valence-corrected chi connectivity index (χ1v) is 7.83. The number of benzene rings is 2. The molecule has 0 aromatic heterocycles. The second kappa shape index (κ2) is 6.73. The van der Waals surface area contributed by atoms with Gasteiger partial charge in [0.1, 0.15) is 12.4 Å². The highest BCUT2D eigenvalue weighted by Gasteiger charge is 2.28. The fraction of sp³-hybridized carbons (Fsp3) is 0.316. The summed E-state index contributed by atoms with van der Waals surface area (Å²) in [4.78, 5) is 14.2. The lowest BCUT2D eigenvalue weighted by molar-refractivity contribution is 0.0803. The molecule has 120 valence electrons. The van der Waals surface area contributed by atoms with Crippen molar-refractivity contribution in [2.45, 2.75) is 26.0 Å². The summed E-state index contributed by atoms with van der Waals surface area (Å²) in [5, 5.41) is 0. The third-order valence-corrected chi connectivity index (χ3v) is 4.33. The highest BCUT2D eigenvalue weighted by Crippen LogP contribution is 2.32. The Morgan fingerprint density at radius 3 is 2.74 bits per heavy atom. The summed E-state index contributed by atoms with van der Waals surface area (Å²) in [7, 11) is 1.67. The number of carbonyl (C=O) groups is 1. The molecule has 4 nitrogen and oxygen atoms in total. The predicted molar refractivity (Wildman–Crippen MR) is 88.4 cm³/mol. The molecule has 0 saturated carbocycles. The van der Waals surface area contributed by atoms with Gasteiger partial charge < -0.3 is 14.4 Å². The summed E-state index contributed by atoms with van der Waals surface area (Å²) >= 11 is 0. The van der Waals surface area contributed by atoms with E-state index in [9.17, 15) is 4.79 Å². The molecule has 1 heterocycles. The van der Waals surface area contributed by atoms with Crippen LogP contribution < -0.4 is 4.74 Å². The van der Waals surface area contributed by atoms with E-state index in [0.717, 1.165) is 23.3 Å². The summed E-state index contributed by atoms with van der Waals surface area (Å²) in [5.41, 5.74) is 3.40. The summed E-state index contributed by atoms with van der Waals surface area (Å²) in [6.07, 6.45) is 0.555. The van der Waals surface area contributed by atoms with Crippen molar-refractivity contribution >= 4 is 6.09 Å². The Hall–Kier alpha value is -2.49. The normalized spacial score (nSPS) is 16.6. The van der Waals surface area contributed by atoms with Gasteiger partial charge in [0, 0.05) is 6.54 Å².